The van der Waals surface area contributed by atoms with Crippen LogP contribution in [0.1, 0.15) is 51.3 Å². The summed E-state index contributed by atoms with van der Waals surface area (Å²) < 4.78 is 6.09. The molecule has 1 aliphatic rings. The smallest absolute Gasteiger partial charge is 0.134 e. The van der Waals surface area contributed by atoms with Gasteiger partial charge in [-0.15, -0.1) is 0 Å². The molecule has 3 rings (SSSR count). The Morgan fingerprint density at radius 2 is 2.05 bits per heavy atom. The summed E-state index contributed by atoms with van der Waals surface area (Å²) in [5, 5.41) is 5.49. The van der Waals surface area contributed by atoms with Gasteiger partial charge in [-0.3, -0.25) is 0 Å². The van der Waals surface area contributed by atoms with Gasteiger partial charge in [-0.05, 0) is 49.1 Å². The van der Waals surface area contributed by atoms with E-state index in [4.69, 9.17) is 16.0 Å². The molecule has 2 nitrogen and oxygen atoms in total. The lowest BCUT2D eigenvalue weighted by molar-refractivity contribution is 0.202. The van der Waals surface area contributed by atoms with Gasteiger partial charge >= 0.3 is 0 Å². The second-order valence-corrected chi connectivity index (χ2v) is 6.62. The second-order valence-electron chi connectivity index (χ2n) is 6.18. The second kappa shape index (κ2) is 5.42. The molecule has 1 aromatic carbocycles. The standard InChI is InChI=1S/C17H22ClNO/c1-3-19-16(17(2)8-4-5-9-17)15-11-12-10-13(18)6-7-14(12)20-15/h6-7,10-11,16,19H,3-5,8-9H2,1-2H3. The van der Waals surface area contributed by atoms with Gasteiger partial charge in [-0.2, -0.15) is 0 Å². The Balaban J connectivity index is 2.00. The summed E-state index contributed by atoms with van der Waals surface area (Å²) in [6, 6.07) is 8.26. The van der Waals surface area contributed by atoms with Crippen LogP contribution in [0.4, 0.5) is 0 Å². The lowest BCUT2D eigenvalue weighted by Gasteiger charge is -2.33. The number of furan rings is 1. The van der Waals surface area contributed by atoms with Gasteiger partial charge in [0.15, 0.2) is 0 Å². The van der Waals surface area contributed by atoms with Gasteiger partial charge < -0.3 is 9.73 Å². The highest BCUT2D eigenvalue weighted by Crippen LogP contribution is 2.48. The summed E-state index contributed by atoms with van der Waals surface area (Å²) in [4.78, 5) is 0. The maximum atomic E-state index is 6.09. The van der Waals surface area contributed by atoms with E-state index >= 15 is 0 Å². The van der Waals surface area contributed by atoms with Crippen LogP contribution in [0.25, 0.3) is 11.0 Å². The molecule has 1 atom stereocenters. The Morgan fingerprint density at radius 3 is 2.75 bits per heavy atom. The molecule has 1 aliphatic carbocycles. The van der Waals surface area contributed by atoms with Crippen molar-refractivity contribution in [3.8, 4) is 0 Å². The Kier molecular flexibility index (Phi) is 3.78. The van der Waals surface area contributed by atoms with E-state index in [0.29, 0.717) is 11.5 Å². The molecule has 108 valence electrons. The first-order chi connectivity index (χ1) is 9.62. The number of hydrogen-bond donors (Lipinski definition) is 1. The summed E-state index contributed by atoms with van der Waals surface area (Å²) in [6.45, 7) is 5.50. The van der Waals surface area contributed by atoms with Gasteiger partial charge in [0.25, 0.3) is 0 Å². The summed E-state index contributed by atoms with van der Waals surface area (Å²) in [6.07, 6.45) is 5.18. The Bertz CT molecular complexity index is 598. The molecule has 0 radical (unpaired) electrons. The van der Waals surface area contributed by atoms with Crippen LogP contribution >= 0.6 is 11.6 Å². The van der Waals surface area contributed by atoms with Crippen molar-refractivity contribution in [1.82, 2.24) is 5.32 Å². The number of hydrogen-bond acceptors (Lipinski definition) is 2. The zero-order valence-electron chi connectivity index (χ0n) is 12.2. The highest BCUT2D eigenvalue weighted by atomic mass is 35.5. The van der Waals surface area contributed by atoms with Crippen molar-refractivity contribution in [1.29, 1.82) is 0 Å². The fourth-order valence-electron chi connectivity index (χ4n) is 3.54. The first-order valence-electron chi connectivity index (χ1n) is 7.55. The van der Waals surface area contributed by atoms with Crippen molar-refractivity contribution in [2.24, 2.45) is 5.41 Å². The van der Waals surface area contributed by atoms with Crippen molar-refractivity contribution >= 4 is 22.6 Å². The van der Waals surface area contributed by atoms with E-state index in [9.17, 15) is 0 Å². The fourth-order valence-corrected chi connectivity index (χ4v) is 3.72. The maximum absolute atomic E-state index is 6.09. The highest BCUT2D eigenvalue weighted by molar-refractivity contribution is 6.31. The molecule has 0 spiro atoms. The lowest BCUT2D eigenvalue weighted by atomic mass is 9.79. The van der Waals surface area contributed by atoms with Gasteiger partial charge in [-0.1, -0.05) is 38.3 Å². The van der Waals surface area contributed by atoms with Crippen LogP contribution < -0.4 is 5.32 Å². The van der Waals surface area contributed by atoms with Crippen molar-refractivity contribution in [3.05, 3.63) is 35.0 Å². The van der Waals surface area contributed by atoms with Crippen molar-refractivity contribution < 1.29 is 4.42 Å². The lowest BCUT2D eigenvalue weighted by Crippen LogP contribution is -2.34. The molecule has 3 heteroatoms. The molecule has 0 bridgehead atoms. The van der Waals surface area contributed by atoms with Gasteiger partial charge in [0.2, 0.25) is 0 Å². The van der Waals surface area contributed by atoms with Crippen molar-refractivity contribution in [2.45, 2.75) is 45.6 Å². The van der Waals surface area contributed by atoms with E-state index in [1.165, 1.54) is 25.7 Å². The van der Waals surface area contributed by atoms with Crippen molar-refractivity contribution in [3.63, 3.8) is 0 Å². The third-order valence-electron chi connectivity index (χ3n) is 4.63. The predicted molar refractivity (Wildman–Crippen MR) is 84.2 cm³/mol. The van der Waals surface area contributed by atoms with Gasteiger partial charge in [-0.25, -0.2) is 0 Å². The first kappa shape index (κ1) is 14.0. The molecule has 0 amide bonds. The molecule has 1 unspecified atom stereocenters. The average Bonchev–Trinajstić information content (AvgIpc) is 3.02. The zero-order chi connectivity index (χ0) is 14.2. The Labute approximate surface area is 125 Å². The van der Waals surface area contributed by atoms with Crippen molar-refractivity contribution in [2.75, 3.05) is 6.54 Å². The van der Waals surface area contributed by atoms with Crippen LogP contribution in [0.5, 0.6) is 0 Å². The van der Waals surface area contributed by atoms with E-state index in [0.717, 1.165) is 28.3 Å². The van der Waals surface area contributed by atoms with E-state index in [1.54, 1.807) is 0 Å². The largest absolute Gasteiger partial charge is 0.459 e. The van der Waals surface area contributed by atoms with Crippen LogP contribution in [0.3, 0.4) is 0 Å². The number of fused-ring (bicyclic) bond motifs is 1. The van der Waals surface area contributed by atoms with Crippen LogP contribution in [0.2, 0.25) is 5.02 Å². The quantitative estimate of drug-likeness (QED) is 0.825. The summed E-state index contributed by atoms with van der Waals surface area (Å²) >= 11 is 6.07. The van der Waals surface area contributed by atoms with E-state index in [2.05, 4.69) is 25.2 Å². The highest BCUT2D eigenvalue weighted by Gasteiger charge is 2.39. The Hall–Kier alpha value is -0.990. The topological polar surface area (TPSA) is 25.2 Å². The molecule has 0 saturated heterocycles. The maximum Gasteiger partial charge on any atom is 0.134 e. The third kappa shape index (κ3) is 2.47. The van der Waals surface area contributed by atoms with Crippen LogP contribution in [0.15, 0.2) is 28.7 Å². The average molecular weight is 292 g/mol. The first-order valence-corrected chi connectivity index (χ1v) is 7.92. The molecule has 1 N–H and O–H groups in total. The molecule has 1 fully saturated rings. The summed E-state index contributed by atoms with van der Waals surface area (Å²) in [5.41, 5.74) is 1.22. The SMILES string of the molecule is CCNC(c1cc2cc(Cl)ccc2o1)C1(C)CCCC1. The predicted octanol–water partition coefficient (Wildman–Crippen LogP) is 5.32. The molecule has 0 aliphatic heterocycles. The third-order valence-corrected chi connectivity index (χ3v) is 4.87. The molecule has 1 heterocycles. The molecule has 1 aromatic heterocycles. The van der Waals surface area contributed by atoms with E-state index < -0.39 is 0 Å². The molecular weight excluding hydrogens is 270 g/mol. The number of benzene rings is 1. The van der Waals surface area contributed by atoms with Gasteiger partial charge in [0.1, 0.15) is 11.3 Å². The minimum atomic E-state index is 0.293. The van der Waals surface area contributed by atoms with Crippen LogP contribution in [-0.2, 0) is 0 Å². The summed E-state index contributed by atoms with van der Waals surface area (Å²) in [7, 11) is 0. The minimum absolute atomic E-state index is 0.293. The molecule has 20 heavy (non-hydrogen) atoms. The zero-order valence-corrected chi connectivity index (χ0v) is 13.0. The number of nitrogens with one attached hydrogen (secondary N) is 1. The normalized spacial score (nSPS) is 19.6. The monoisotopic (exact) mass is 291 g/mol. The van der Waals surface area contributed by atoms with Crippen LogP contribution in [-0.4, -0.2) is 6.54 Å². The minimum Gasteiger partial charge on any atom is -0.459 e. The van der Waals surface area contributed by atoms with E-state index in [-0.39, 0.29) is 0 Å². The summed E-state index contributed by atoms with van der Waals surface area (Å²) in [5.74, 6) is 1.05. The number of rotatable bonds is 4. The molecule has 1 saturated carbocycles. The van der Waals surface area contributed by atoms with Gasteiger partial charge in [0.05, 0.1) is 6.04 Å². The molecule has 2 aromatic rings. The van der Waals surface area contributed by atoms with Crippen LogP contribution in [0, 0.1) is 5.41 Å². The van der Waals surface area contributed by atoms with Gasteiger partial charge in [0, 0.05) is 10.4 Å². The van der Waals surface area contributed by atoms with E-state index in [1.807, 2.05) is 18.2 Å². The number of halogens is 1. The Morgan fingerprint density at radius 1 is 1.30 bits per heavy atom. The fraction of sp³-hybridized carbons (Fsp3) is 0.529. The molecular formula is C17H22ClNO.